The van der Waals surface area contributed by atoms with Crippen molar-refractivity contribution in [2.24, 2.45) is 11.5 Å². The van der Waals surface area contributed by atoms with E-state index in [0.29, 0.717) is 12.5 Å². The van der Waals surface area contributed by atoms with E-state index in [9.17, 15) is 4.79 Å². The van der Waals surface area contributed by atoms with Gasteiger partial charge < -0.3 is 21.1 Å². The molecule has 1 rings (SSSR count). The number of hydrogen-bond donors (Lipinski definition) is 2. The Morgan fingerprint density at radius 2 is 2.43 bits per heavy atom. The Morgan fingerprint density at radius 1 is 1.71 bits per heavy atom. The van der Waals surface area contributed by atoms with Crippen molar-refractivity contribution in [2.75, 3.05) is 26.8 Å². The van der Waals surface area contributed by atoms with Gasteiger partial charge in [0.15, 0.2) is 0 Å². The van der Waals surface area contributed by atoms with Crippen LogP contribution in [0.15, 0.2) is 0 Å². The molecule has 1 saturated heterocycles. The molecular weight excluding hydrogens is 182 g/mol. The Bertz CT molecular complexity index is 192. The van der Waals surface area contributed by atoms with Crippen LogP contribution in [-0.2, 0) is 9.53 Å². The largest absolute Gasteiger partial charge is 0.380 e. The fourth-order valence-corrected chi connectivity index (χ4v) is 1.54. The first kappa shape index (κ1) is 11.4. The molecule has 14 heavy (non-hydrogen) atoms. The summed E-state index contributed by atoms with van der Waals surface area (Å²) in [6.07, 6.45) is 1.67. The molecule has 0 radical (unpaired) electrons. The van der Waals surface area contributed by atoms with E-state index in [0.717, 1.165) is 26.2 Å². The molecule has 1 aliphatic rings. The van der Waals surface area contributed by atoms with Crippen LogP contribution in [-0.4, -0.2) is 49.7 Å². The van der Waals surface area contributed by atoms with Gasteiger partial charge in [-0.1, -0.05) is 0 Å². The van der Waals surface area contributed by atoms with E-state index in [-0.39, 0.29) is 0 Å². The van der Waals surface area contributed by atoms with Crippen LogP contribution in [0, 0.1) is 0 Å². The van der Waals surface area contributed by atoms with Gasteiger partial charge in [0.25, 0.3) is 0 Å². The van der Waals surface area contributed by atoms with Gasteiger partial charge in [-0.2, -0.15) is 0 Å². The molecule has 1 heterocycles. The van der Waals surface area contributed by atoms with Crippen LogP contribution in [0.4, 0.5) is 0 Å². The second-order valence-electron chi connectivity index (χ2n) is 3.80. The summed E-state index contributed by atoms with van der Waals surface area (Å²) in [5.41, 5.74) is 10.6. The Morgan fingerprint density at radius 3 is 2.93 bits per heavy atom. The number of carbonyl (C=O) groups excluding carboxylic acids is 1. The maximum Gasteiger partial charge on any atom is 0.234 e. The fraction of sp³-hybridized carbons (Fsp3) is 0.889. The number of hydrogen-bond acceptors (Lipinski definition) is 4. The van der Waals surface area contributed by atoms with E-state index in [1.54, 1.807) is 0 Å². The van der Waals surface area contributed by atoms with Crippen LogP contribution >= 0.6 is 0 Å². The fourth-order valence-electron chi connectivity index (χ4n) is 1.54. The normalized spacial score (nSPS) is 24.1. The summed E-state index contributed by atoms with van der Waals surface area (Å²) in [7, 11) is 2.02. The average molecular weight is 201 g/mol. The van der Waals surface area contributed by atoms with Crippen molar-refractivity contribution in [3.8, 4) is 0 Å². The van der Waals surface area contributed by atoms with E-state index < -0.39 is 11.9 Å². The van der Waals surface area contributed by atoms with Gasteiger partial charge in [0.1, 0.15) is 0 Å². The van der Waals surface area contributed by atoms with Crippen LogP contribution in [0.25, 0.3) is 0 Å². The lowest BCUT2D eigenvalue weighted by Crippen LogP contribution is -2.41. The Labute approximate surface area is 84.4 Å². The van der Waals surface area contributed by atoms with Crippen molar-refractivity contribution in [2.45, 2.75) is 24.9 Å². The molecule has 1 fully saturated rings. The van der Waals surface area contributed by atoms with Crippen LogP contribution in [0.1, 0.15) is 12.8 Å². The number of amides is 1. The third-order valence-corrected chi connectivity index (χ3v) is 2.69. The molecule has 0 saturated carbocycles. The number of nitrogens with zero attached hydrogens (tertiary/aromatic N) is 1. The topological polar surface area (TPSA) is 81.6 Å². The molecule has 0 aliphatic carbocycles. The summed E-state index contributed by atoms with van der Waals surface area (Å²) in [5, 5.41) is 0. The minimum absolute atomic E-state index is 0.430. The zero-order valence-corrected chi connectivity index (χ0v) is 8.61. The molecular formula is C9H19N3O2. The SMILES string of the molecule is CN(CCC(N)C(N)=O)C1CCOC1. The minimum atomic E-state index is -0.528. The summed E-state index contributed by atoms with van der Waals surface area (Å²) >= 11 is 0. The van der Waals surface area contributed by atoms with Crippen molar-refractivity contribution < 1.29 is 9.53 Å². The Hall–Kier alpha value is -0.650. The average Bonchev–Trinajstić information content (AvgIpc) is 2.66. The number of primary amides is 1. The van der Waals surface area contributed by atoms with Crippen LogP contribution in [0.2, 0.25) is 0 Å². The second-order valence-corrected chi connectivity index (χ2v) is 3.80. The number of rotatable bonds is 5. The third kappa shape index (κ3) is 3.25. The lowest BCUT2D eigenvalue weighted by atomic mass is 10.1. The maximum atomic E-state index is 10.7. The smallest absolute Gasteiger partial charge is 0.234 e. The molecule has 82 valence electrons. The molecule has 5 nitrogen and oxygen atoms in total. The van der Waals surface area contributed by atoms with Crippen LogP contribution in [0.3, 0.4) is 0 Å². The molecule has 2 unspecified atom stereocenters. The second kappa shape index (κ2) is 5.29. The minimum Gasteiger partial charge on any atom is -0.380 e. The van der Waals surface area contributed by atoms with Gasteiger partial charge in [-0.3, -0.25) is 4.79 Å². The molecule has 0 aromatic heterocycles. The van der Waals surface area contributed by atoms with Crippen LogP contribution in [0.5, 0.6) is 0 Å². The van der Waals surface area contributed by atoms with Crippen molar-refractivity contribution in [1.82, 2.24) is 4.90 Å². The van der Waals surface area contributed by atoms with E-state index in [1.807, 2.05) is 7.05 Å². The van der Waals surface area contributed by atoms with E-state index >= 15 is 0 Å². The summed E-state index contributed by atoms with van der Waals surface area (Å²) in [4.78, 5) is 12.9. The maximum absolute atomic E-state index is 10.7. The molecule has 0 bridgehead atoms. The predicted molar refractivity (Wildman–Crippen MR) is 53.6 cm³/mol. The van der Waals surface area contributed by atoms with Crippen molar-refractivity contribution >= 4 is 5.91 Å². The Balaban J connectivity index is 2.19. The van der Waals surface area contributed by atoms with Gasteiger partial charge >= 0.3 is 0 Å². The molecule has 0 aromatic carbocycles. The van der Waals surface area contributed by atoms with Crippen LogP contribution < -0.4 is 11.5 Å². The predicted octanol–water partition coefficient (Wildman–Crippen LogP) is -1.09. The van der Waals surface area contributed by atoms with Gasteiger partial charge in [0.05, 0.1) is 12.6 Å². The highest BCUT2D eigenvalue weighted by molar-refractivity contribution is 5.79. The quantitative estimate of drug-likeness (QED) is 0.592. The first-order valence-electron chi connectivity index (χ1n) is 4.94. The monoisotopic (exact) mass is 201 g/mol. The zero-order chi connectivity index (χ0) is 10.6. The van der Waals surface area contributed by atoms with Crippen molar-refractivity contribution in [3.05, 3.63) is 0 Å². The summed E-state index contributed by atoms with van der Waals surface area (Å²) in [6.45, 7) is 2.40. The van der Waals surface area contributed by atoms with Crippen molar-refractivity contribution in [1.29, 1.82) is 0 Å². The van der Waals surface area contributed by atoms with E-state index in [2.05, 4.69) is 4.90 Å². The third-order valence-electron chi connectivity index (χ3n) is 2.69. The number of likely N-dealkylation sites (N-methyl/N-ethyl adjacent to an activating group) is 1. The zero-order valence-electron chi connectivity index (χ0n) is 8.61. The number of carbonyl (C=O) groups is 1. The summed E-state index contributed by atoms with van der Waals surface area (Å²) in [5.74, 6) is -0.430. The van der Waals surface area contributed by atoms with Gasteiger partial charge in [0, 0.05) is 19.2 Å². The number of ether oxygens (including phenoxy) is 1. The first-order valence-corrected chi connectivity index (χ1v) is 4.94. The highest BCUT2D eigenvalue weighted by Gasteiger charge is 2.20. The summed E-state index contributed by atoms with van der Waals surface area (Å²) < 4.78 is 5.27. The molecule has 4 N–H and O–H groups in total. The van der Waals surface area contributed by atoms with Gasteiger partial charge in [-0.15, -0.1) is 0 Å². The molecule has 1 aliphatic heterocycles. The highest BCUT2D eigenvalue weighted by Crippen LogP contribution is 2.10. The lowest BCUT2D eigenvalue weighted by Gasteiger charge is -2.23. The van der Waals surface area contributed by atoms with Gasteiger partial charge in [0.2, 0.25) is 5.91 Å². The molecule has 1 amide bonds. The molecule has 0 spiro atoms. The standard InChI is InChI=1S/C9H19N3O2/c1-12(7-3-5-14-6-7)4-2-8(10)9(11)13/h7-8H,2-6,10H2,1H3,(H2,11,13). The highest BCUT2D eigenvalue weighted by atomic mass is 16.5. The van der Waals surface area contributed by atoms with Gasteiger partial charge in [-0.25, -0.2) is 0 Å². The first-order chi connectivity index (χ1) is 6.61. The van der Waals surface area contributed by atoms with E-state index in [4.69, 9.17) is 16.2 Å². The summed E-state index contributed by atoms with van der Waals surface area (Å²) in [6, 6.07) is -0.0603. The molecule has 0 aromatic rings. The van der Waals surface area contributed by atoms with Gasteiger partial charge in [-0.05, 0) is 19.9 Å². The molecule has 5 heteroatoms. The number of nitrogens with two attached hydrogens (primary N) is 2. The lowest BCUT2D eigenvalue weighted by molar-refractivity contribution is -0.119. The Kier molecular flexibility index (Phi) is 4.31. The van der Waals surface area contributed by atoms with E-state index in [1.165, 1.54) is 0 Å². The van der Waals surface area contributed by atoms with Crippen molar-refractivity contribution in [3.63, 3.8) is 0 Å². The molecule has 2 atom stereocenters.